The molecule has 108 valence electrons. The van der Waals surface area contributed by atoms with Crippen molar-refractivity contribution in [2.24, 2.45) is 10.2 Å². The van der Waals surface area contributed by atoms with Gasteiger partial charge in [0.2, 0.25) is 0 Å². The number of hydrogen-bond acceptors (Lipinski definition) is 5. The van der Waals surface area contributed by atoms with E-state index in [2.05, 4.69) is 15.5 Å². The molecule has 5 nitrogen and oxygen atoms in total. The molecule has 0 unspecified atom stereocenters. The molecule has 2 aromatic rings. The summed E-state index contributed by atoms with van der Waals surface area (Å²) in [5.41, 5.74) is 3.02. The molecular weight excluding hydrogens is 266 g/mol. The van der Waals surface area contributed by atoms with Gasteiger partial charge in [-0.3, -0.25) is 4.79 Å². The highest BCUT2D eigenvalue weighted by molar-refractivity contribution is 5.94. The molecule has 5 heteroatoms. The number of azo groups is 1. The first-order valence-corrected chi connectivity index (χ1v) is 6.66. The van der Waals surface area contributed by atoms with Crippen LogP contribution in [0.5, 0.6) is 0 Å². The smallest absolute Gasteiger partial charge is 0.159 e. The van der Waals surface area contributed by atoms with Crippen molar-refractivity contribution in [2.75, 3.05) is 18.5 Å². The van der Waals surface area contributed by atoms with Gasteiger partial charge in [-0.25, -0.2) is 0 Å². The molecule has 0 saturated heterocycles. The predicted octanol–water partition coefficient (Wildman–Crippen LogP) is 3.71. The van der Waals surface area contributed by atoms with E-state index in [0.29, 0.717) is 17.8 Å². The zero-order valence-electron chi connectivity index (χ0n) is 11.8. The molecule has 0 amide bonds. The number of nitrogens with zero attached hydrogens (tertiary/aromatic N) is 2. The summed E-state index contributed by atoms with van der Waals surface area (Å²) in [5, 5.41) is 20.0. The van der Waals surface area contributed by atoms with Crippen molar-refractivity contribution in [3.63, 3.8) is 0 Å². The van der Waals surface area contributed by atoms with Crippen LogP contribution in [-0.2, 0) is 0 Å². The van der Waals surface area contributed by atoms with Crippen LogP contribution < -0.4 is 5.32 Å². The van der Waals surface area contributed by atoms with Gasteiger partial charge in [0.1, 0.15) is 0 Å². The maximum Gasteiger partial charge on any atom is 0.159 e. The van der Waals surface area contributed by atoms with Crippen molar-refractivity contribution < 1.29 is 9.90 Å². The Morgan fingerprint density at radius 3 is 2.00 bits per heavy atom. The normalized spacial score (nSPS) is 10.8. The average molecular weight is 283 g/mol. The molecule has 0 saturated carbocycles. The van der Waals surface area contributed by atoms with Gasteiger partial charge in [-0.1, -0.05) is 0 Å². The predicted molar refractivity (Wildman–Crippen MR) is 82.6 cm³/mol. The lowest BCUT2D eigenvalue weighted by Gasteiger charge is -2.03. The van der Waals surface area contributed by atoms with Crippen molar-refractivity contribution in [1.29, 1.82) is 0 Å². The summed E-state index contributed by atoms with van der Waals surface area (Å²) in [6.45, 7) is 2.14. The van der Waals surface area contributed by atoms with Gasteiger partial charge in [0.25, 0.3) is 0 Å². The Kier molecular flexibility index (Phi) is 5.17. The van der Waals surface area contributed by atoms with Crippen LogP contribution in [0.25, 0.3) is 0 Å². The maximum absolute atomic E-state index is 11.2. The summed E-state index contributed by atoms with van der Waals surface area (Å²) in [4.78, 5) is 11.2. The van der Waals surface area contributed by atoms with Crippen LogP contribution in [0.4, 0.5) is 17.1 Å². The molecule has 21 heavy (non-hydrogen) atoms. The zero-order valence-corrected chi connectivity index (χ0v) is 11.8. The minimum atomic E-state index is 0.0319. The van der Waals surface area contributed by atoms with E-state index in [1.807, 2.05) is 24.3 Å². The number of carbonyl (C=O) groups excluding carboxylic acids is 1. The Hall–Kier alpha value is -2.53. The highest BCUT2D eigenvalue weighted by Gasteiger charge is 1.98. The molecule has 0 atom stereocenters. The number of benzene rings is 2. The average Bonchev–Trinajstić information content (AvgIpc) is 2.52. The topological polar surface area (TPSA) is 74.0 Å². The van der Waals surface area contributed by atoms with E-state index < -0.39 is 0 Å². The van der Waals surface area contributed by atoms with Crippen LogP contribution in [-0.4, -0.2) is 24.0 Å². The van der Waals surface area contributed by atoms with Crippen LogP contribution in [0.3, 0.4) is 0 Å². The summed E-state index contributed by atoms with van der Waals surface area (Å²) in [6, 6.07) is 14.4. The van der Waals surface area contributed by atoms with Crippen molar-refractivity contribution in [3.8, 4) is 0 Å². The molecule has 0 radical (unpaired) electrons. The number of aliphatic hydroxyl groups is 1. The summed E-state index contributed by atoms with van der Waals surface area (Å²) < 4.78 is 0. The van der Waals surface area contributed by atoms with E-state index in [1.165, 1.54) is 6.92 Å². The number of anilines is 1. The van der Waals surface area contributed by atoms with Crippen molar-refractivity contribution in [1.82, 2.24) is 0 Å². The standard InChI is InChI=1S/C16H17N3O2/c1-12(21)13-2-4-15(5-3-13)18-19-16-8-6-14(7-9-16)17-10-11-20/h2-9,17,20H,10-11H2,1H3. The van der Waals surface area contributed by atoms with E-state index in [1.54, 1.807) is 24.3 Å². The van der Waals surface area contributed by atoms with Gasteiger partial charge < -0.3 is 10.4 Å². The van der Waals surface area contributed by atoms with E-state index in [-0.39, 0.29) is 12.4 Å². The number of nitrogens with one attached hydrogen (secondary N) is 1. The summed E-state index contributed by atoms with van der Waals surface area (Å²) in [5.74, 6) is 0.0319. The number of carbonyl (C=O) groups is 1. The molecule has 2 aromatic carbocycles. The fraction of sp³-hybridized carbons (Fsp3) is 0.188. The van der Waals surface area contributed by atoms with E-state index in [9.17, 15) is 4.79 Å². The van der Waals surface area contributed by atoms with Crippen molar-refractivity contribution >= 4 is 22.8 Å². The first-order valence-electron chi connectivity index (χ1n) is 6.66. The number of rotatable bonds is 6. The van der Waals surface area contributed by atoms with Gasteiger partial charge in [0.15, 0.2) is 5.78 Å². The SMILES string of the molecule is CC(=O)c1ccc(N=Nc2ccc(NCCO)cc2)cc1. The van der Waals surface area contributed by atoms with Gasteiger partial charge >= 0.3 is 0 Å². The monoisotopic (exact) mass is 283 g/mol. The first kappa shape index (κ1) is 14.9. The van der Waals surface area contributed by atoms with Crippen LogP contribution in [0, 0.1) is 0 Å². The van der Waals surface area contributed by atoms with Crippen LogP contribution in [0.15, 0.2) is 58.8 Å². The van der Waals surface area contributed by atoms with Gasteiger partial charge in [-0.15, -0.1) is 0 Å². The number of hydrogen-bond donors (Lipinski definition) is 2. The van der Waals surface area contributed by atoms with Crippen LogP contribution >= 0.6 is 0 Å². The Labute approximate surface area is 123 Å². The lowest BCUT2D eigenvalue weighted by molar-refractivity contribution is 0.101. The molecule has 0 aromatic heterocycles. The largest absolute Gasteiger partial charge is 0.395 e. The lowest BCUT2D eigenvalue weighted by atomic mass is 10.1. The lowest BCUT2D eigenvalue weighted by Crippen LogP contribution is -2.04. The number of ketones is 1. The summed E-state index contributed by atoms with van der Waals surface area (Å²) >= 11 is 0. The minimum absolute atomic E-state index is 0.0319. The second kappa shape index (κ2) is 7.31. The molecule has 0 aliphatic carbocycles. The Morgan fingerprint density at radius 1 is 1.00 bits per heavy atom. The first-order chi connectivity index (χ1) is 10.2. The van der Waals surface area contributed by atoms with Gasteiger partial charge in [0.05, 0.1) is 18.0 Å². The molecule has 0 aliphatic heterocycles. The third-order valence-electron chi connectivity index (χ3n) is 2.86. The fourth-order valence-corrected chi connectivity index (χ4v) is 1.72. The van der Waals surface area contributed by atoms with E-state index in [4.69, 9.17) is 5.11 Å². The molecule has 0 aliphatic rings. The fourth-order valence-electron chi connectivity index (χ4n) is 1.72. The third-order valence-corrected chi connectivity index (χ3v) is 2.86. The number of Topliss-reactive ketones (excluding diaryl/α,β-unsaturated/α-hetero) is 1. The molecule has 0 heterocycles. The number of aliphatic hydroxyl groups excluding tert-OH is 1. The van der Waals surface area contributed by atoms with Gasteiger partial charge in [-0.05, 0) is 55.5 Å². The molecule has 0 bridgehead atoms. The molecular formula is C16H17N3O2. The highest BCUT2D eigenvalue weighted by Crippen LogP contribution is 2.20. The zero-order chi connectivity index (χ0) is 15.1. The Morgan fingerprint density at radius 2 is 1.52 bits per heavy atom. The highest BCUT2D eigenvalue weighted by atomic mass is 16.3. The molecule has 2 rings (SSSR count). The van der Waals surface area contributed by atoms with Gasteiger partial charge in [0, 0.05) is 17.8 Å². The Bertz CT molecular complexity index is 619. The molecule has 0 fully saturated rings. The molecule has 2 N–H and O–H groups in total. The van der Waals surface area contributed by atoms with E-state index in [0.717, 1.165) is 11.4 Å². The molecule has 0 spiro atoms. The van der Waals surface area contributed by atoms with Gasteiger partial charge in [-0.2, -0.15) is 10.2 Å². The maximum atomic E-state index is 11.2. The third kappa shape index (κ3) is 4.50. The summed E-state index contributed by atoms with van der Waals surface area (Å²) in [7, 11) is 0. The van der Waals surface area contributed by atoms with Crippen LogP contribution in [0.2, 0.25) is 0 Å². The second-order valence-electron chi connectivity index (χ2n) is 4.50. The summed E-state index contributed by atoms with van der Waals surface area (Å²) in [6.07, 6.45) is 0. The van der Waals surface area contributed by atoms with Crippen molar-refractivity contribution in [3.05, 3.63) is 54.1 Å². The van der Waals surface area contributed by atoms with E-state index >= 15 is 0 Å². The minimum Gasteiger partial charge on any atom is -0.395 e. The Balaban J connectivity index is 2.01. The van der Waals surface area contributed by atoms with Crippen LogP contribution in [0.1, 0.15) is 17.3 Å². The quantitative estimate of drug-likeness (QED) is 0.627. The van der Waals surface area contributed by atoms with Crippen molar-refractivity contribution in [2.45, 2.75) is 6.92 Å². The second-order valence-corrected chi connectivity index (χ2v) is 4.50.